The zero-order valence-electron chi connectivity index (χ0n) is 16.7. The van der Waals surface area contributed by atoms with Crippen LogP contribution in [-0.4, -0.2) is 35.5 Å². The van der Waals surface area contributed by atoms with Crippen LogP contribution in [0.4, 0.5) is 32.3 Å². The molecule has 0 saturated heterocycles. The molecule has 0 aromatic heterocycles. The first kappa shape index (κ1) is 21.3. The van der Waals surface area contributed by atoms with Crippen molar-refractivity contribution in [3.63, 3.8) is 0 Å². The molecular weight excluding hydrogens is 410 g/mol. The largest absolute Gasteiger partial charge is 0.450 e. The highest BCUT2D eigenvalue weighted by Crippen LogP contribution is 2.44. The number of amides is 3. The second-order valence-corrected chi connectivity index (χ2v) is 7.60. The van der Waals surface area contributed by atoms with Gasteiger partial charge in [0.2, 0.25) is 5.91 Å². The number of fused-ring (bicyclic) bond motifs is 2. The van der Waals surface area contributed by atoms with Gasteiger partial charge in [0, 0.05) is 18.3 Å². The van der Waals surface area contributed by atoms with E-state index in [-0.39, 0.29) is 19.1 Å². The minimum Gasteiger partial charge on any atom is -0.450 e. The fraction of sp³-hybridized carbons (Fsp3) is 0.250. The summed E-state index contributed by atoms with van der Waals surface area (Å²) < 4.78 is 23.0. The van der Waals surface area contributed by atoms with E-state index in [9.17, 15) is 18.6 Å². The molecule has 0 aliphatic carbocycles. The molecule has 2 N–H and O–H groups in total. The predicted molar refractivity (Wildman–Crippen MR) is 112 cm³/mol. The molecule has 0 saturated carbocycles. The van der Waals surface area contributed by atoms with Gasteiger partial charge in [0.25, 0.3) is 0 Å². The van der Waals surface area contributed by atoms with E-state index in [4.69, 9.17) is 9.47 Å². The molecule has 9 nitrogen and oxygen atoms in total. The highest BCUT2D eigenvalue weighted by molar-refractivity contribution is 7.85. The van der Waals surface area contributed by atoms with E-state index in [1.54, 1.807) is 38.1 Å². The van der Waals surface area contributed by atoms with Gasteiger partial charge < -0.3 is 9.47 Å². The Labute approximate surface area is 175 Å². The Morgan fingerprint density at radius 3 is 1.67 bits per heavy atom. The summed E-state index contributed by atoms with van der Waals surface area (Å²) in [5, 5.41) is 5.12. The molecule has 158 valence electrons. The van der Waals surface area contributed by atoms with Gasteiger partial charge in [-0.3, -0.25) is 20.3 Å². The van der Waals surface area contributed by atoms with Crippen LogP contribution in [0.3, 0.4) is 0 Å². The van der Waals surface area contributed by atoms with Crippen LogP contribution in [0.25, 0.3) is 0 Å². The number of nitrogens with one attached hydrogen (secondary N) is 2. The summed E-state index contributed by atoms with van der Waals surface area (Å²) in [4.78, 5) is 37.9. The summed E-state index contributed by atoms with van der Waals surface area (Å²) in [6, 6.07) is 9.50. The van der Waals surface area contributed by atoms with Gasteiger partial charge in [-0.15, -0.1) is 0 Å². The lowest BCUT2D eigenvalue weighted by Gasteiger charge is -2.30. The number of rotatable bonds is 4. The topological polar surface area (TPSA) is 114 Å². The summed E-state index contributed by atoms with van der Waals surface area (Å²) in [7, 11) is -1.66. The van der Waals surface area contributed by atoms with Gasteiger partial charge in [-0.1, -0.05) is 0 Å². The Kier molecular flexibility index (Phi) is 6.36. The van der Waals surface area contributed by atoms with E-state index in [0.29, 0.717) is 32.5 Å². The Morgan fingerprint density at radius 1 is 0.867 bits per heavy atom. The van der Waals surface area contributed by atoms with Crippen molar-refractivity contribution in [2.45, 2.75) is 30.6 Å². The summed E-state index contributed by atoms with van der Waals surface area (Å²) in [5.74, 6) is -0.272. The fourth-order valence-corrected chi connectivity index (χ4v) is 4.41. The number of carbonyl (C=O) groups excluding carboxylic acids is 3. The van der Waals surface area contributed by atoms with E-state index in [1.807, 2.05) is 0 Å². The molecular formula is C20H21N3O6S. The molecule has 0 atom stereocenters. The summed E-state index contributed by atoms with van der Waals surface area (Å²) in [6.45, 7) is 5.20. The van der Waals surface area contributed by atoms with Crippen molar-refractivity contribution in [2.24, 2.45) is 0 Å². The molecule has 1 heterocycles. The van der Waals surface area contributed by atoms with Gasteiger partial charge >= 0.3 is 12.2 Å². The smallest absolute Gasteiger partial charge is 0.411 e. The monoisotopic (exact) mass is 431 g/mol. The molecule has 0 unspecified atom stereocenters. The highest BCUT2D eigenvalue weighted by atomic mass is 32.2. The van der Waals surface area contributed by atoms with Gasteiger partial charge in [-0.05, 0) is 50.2 Å². The van der Waals surface area contributed by atoms with Gasteiger partial charge in [0.05, 0.1) is 45.2 Å². The average molecular weight is 431 g/mol. The molecule has 0 fully saturated rings. The van der Waals surface area contributed by atoms with Crippen LogP contribution in [0.1, 0.15) is 20.8 Å². The minimum absolute atomic E-state index is 0.213. The number of benzene rings is 2. The number of carbonyl (C=O) groups is 3. The first-order chi connectivity index (χ1) is 14.3. The summed E-state index contributed by atoms with van der Waals surface area (Å²) >= 11 is 0. The van der Waals surface area contributed by atoms with Crippen molar-refractivity contribution < 1.29 is 28.1 Å². The quantitative estimate of drug-likeness (QED) is 0.757. The number of hydrogen-bond donors (Lipinski definition) is 2. The normalized spacial score (nSPS) is 12.4. The number of nitrogens with zero attached hydrogens (tertiary/aromatic N) is 1. The van der Waals surface area contributed by atoms with Gasteiger partial charge in [-0.25, -0.2) is 13.8 Å². The summed E-state index contributed by atoms with van der Waals surface area (Å²) in [5.41, 5.74) is 1.67. The van der Waals surface area contributed by atoms with Crippen molar-refractivity contribution in [2.75, 3.05) is 28.7 Å². The second-order valence-electron chi connectivity index (χ2n) is 6.18. The fourth-order valence-electron chi connectivity index (χ4n) is 3.01. The second kappa shape index (κ2) is 8.95. The van der Waals surface area contributed by atoms with Crippen LogP contribution in [-0.2, 0) is 25.1 Å². The first-order valence-electron chi connectivity index (χ1n) is 9.23. The molecule has 0 spiro atoms. The Bertz CT molecular complexity index is 966. The van der Waals surface area contributed by atoms with Crippen LogP contribution < -0.4 is 15.5 Å². The van der Waals surface area contributed by atoms with Crippen LogP contribution >= 0.6 is 0 Å². The third-order valence-corrected chi connectivity index (χ3v) is 5.61. The lowest BCUT2D eigenvalue weighted by atomic mass is 10.2. The van der Waals surface area contributed by atoms with Gasteiger partial charge in [0.15, 0.2) is 0 Å². The van der Waals surface area contributed by atoms with Crippen LogP contribution in [0.5, 0.6) is 0 Å². The molecule has 0 radical (unpaired) electrons. The molecule has 30 heavy (non-hydrogen) atoms. The van der Waals surface area contributed by atoms with E-state index in [1.165, 1.54) is 24.0 Å². The molecule has 10 heteroatoms. The molecule has 3 amide bonds. The van der Waals surface area contributed by atoms with Gasteiger partial charge in [-0.2, -0.15) is 0 Å². The zero-order chi connectivity index (χ0) is 21.8. The van der Waals surface area contributed by atoms with Crippen molar-refractivity contribution >= 4 is 51.6 Å². The molecule has 3 rings (SSSR count). The lowest BCUT2D eigenvalue weighted by Crippen LogP contribution is -2.28. The van der Waals surface area contributed by atoms with Crippen LogP contribution in [0.15, 0.2) is 46.2 Å². The molecule has 1 aliphatic heterocycles. The third-order valence-electron chi connectivity index (χ3n) is 4.16. The minimum atomic E-state index is -1.66. The maximum Gasteiger partial charge on any atom is 0.411 e. The highest BCUT2D eigenvalue weighted by Gasteiger charge is 2.31. The summed E-state index contributed by atoms with van der Waals surface area (Å²) in [6.07, 6.45) is -1.27. The molecule has 0 bridgehead atoms. The van der Waals surface area contributed by atoms with E-state index < -0.39 is 23.0 Å². The Hall–Kier alpha value is -3.40. The Balaban J connectivity index is 2.02. The predicted octanol–water partition coefficient (Wildman–Crippen LogP) is 3.99. The third kappa shape index (κ3) is 4.28. The van der Waals surface area contributed by atoms with Crippen LogP contribution in [0.2, 0.25) is 0 Å². The first-order valence-corrected chi connectivity index (χ1v) is 10.4. The zero-order valence-corrected chi connectivity index (χ0v) is 17.5. The lowest BCUT2D eigenvalue weighted by molar-refractivity contribution is -0.115. The van der Waals surface area contributed by atoms with Crippen molar-refractivity contribution in [1.82, 2.24) is 0 Å². The Morgan fingerprint density at radius 2 is 1.30 bits per heavy atom. The number of anilines is 4. The molecule has 2 aromatic carbocycles. The van der Waals surface area contributed by atoms with Crippen LogP contribution in [0, 0.1) is 0 Å². The number of ether oxygens (including phenoxy) is 2. The van der Waals surface area contributed by atoms with E-state index >= 15 is 0 Å². The van der Waals surface area contributed by atoms with Crippen molar-refractivity contribution in [3.8, 4) is 0 Å². The maximum absolute atomic E-state index is 13.3. The SMILES string of the molecule is CCOC(=O)Nc1ccc2c(c1)S(=O)c1cc(NC(=O)OCC)ccc1N2C(C)=O. The number of hydrogen-bond acceptors (Lipinski definition) is 6. The maximum atomic E-state index is 13.3. The standard InChI is InChI=1S/C20H21N3O6S/c1-4-28-19(25)21-13-6-8-15-17(10-13)30(27)18-11-14(22-20(26)29-5-2)7-9-16(18)23(15)12(3)24/h6-11H,4-5H2,1-3H3,(H,21,25)(H,22,26). The van der Waals surface area contributed by atoms with Gasteiger partial charge in [0.1, 0.15) is 0 Å². The molecule has 1 aliphatic rings. The average Bonchev–Trinajstić information content (AvgIpc) is 2.69. The molecule has 2 aromatic rings. The van der Waals surface area contributed by atoms with Crippen molar-refractivity contribution in [1.29, 1.82) is 0 Å². The van der Waals surface area contributed by atoms with E-state index in [0.717, 1.165) is 0 Å². The van der Waals surface area contributed by atoms with Crippen molar-refractivity contribution in [3.05, 3.63) is 36.4 Å². The van der Waals surface area contributed by atoms with E-state index in [2.05, 4.69) is 10.6 Å².